The zero-order valence-corrected chi connectivity index (χ0v) is 19.6. The first kappa shape index (κ1) is 23.4. The van der Waals surface area contributed by atoms with Crippen LogP contribution >= 0.6 is 0 Å². The Kier molecular flexibility index (Phi) is 6.85. The molecule has 3 heterocycles. The highest BCUT2D eigenvalue weighted by atomic mass is 32.2. The molecule has 2 saturated heterocycles. The van der Waals surface area contributed by atoms with Crippen LogP contribution in [0.25, 0.3) is 0 Å². The number of aromatic nitrogens is 2. The molecule has 33 heavy (non-hydrogen) atoms. The minimum atomic E-state index is -4.13. The Hall–Kier alpha value is -2.72. The average molecular weight is 475 g/mol. The number of likely N-dealkylation sites (tertiary alicyclic amines) is 1. The van der Waals surface area contributed by atoms with Gasteiger partial charge in [-0.1, -0.05) is 30.3 Å². The van der Waals surface area contributed by atoms with Crippen LogP contribution in [0.5, 0.6) is 0 Å². The van der Waals surface area contributed by atoms with Crippen molar-refractivity contribution >= 4 is 15.9 Å². The van der Waals surface area contributed by atoms with Crippen LogP contribution in [0.2, 0.25) is 0 Å². The van der Waals surface area contributed by atoms with E-state index >= 15 is 0 Å². The normalized spacial score (nSPS) is 20.6. The Morgan fingerprint density at radius 3 is 2.39 bits per heavy atom. The zero-order valence-electron chi connectivity index (χ0n) is 18.7. The van der Waals surface area contributed by atoms with Gasteiger partial charge in [-0.15, -0.1) is 0 Å². The molecular formula is C23H30N4O5S. The van der Waals surface area contributed by atoms with E-state index in [9.17, 15) is 22.8 Å². The summed E-state index contributed by atoms with van der Waals surface area (Å²) in [6, 6.07) is 10.3. The molecule has 178 valence electrons. The molecule has 0 radical (unpaired) electrons. The SMILES string of the molecule is Cc1[nH]c(=O)[nH]c(=O)c1S(=O)(=O)N1CCC[C@H](C(=O)N2CCC(Cc3ccccc3)CC2)C1. The quantitative estimate of drug-likeness (QED) is 0.675. The molecule has 9 nitrogen and oxygen atoms in total. The van der Waals surface area contributed by atoms with Crippen molar-refractivity contribution in [3.05, 3.63) is 62.4 Å². The lowest BCUT2D eigenvalue weighted by molar-refractivity contribution is -0.138. The Balaban J connectivity index is 1.40. The number of carbonyl (C=O) groups is 1. The van der Waals surface area contributed by atoms with Crippen LogP contribution in [0.15, 0.2) is 44.8 Å². The number of amides is 1. The van der Waals surface area contributed by atoms with Crippen LogP contribution < -0.4 is 11.2 Å². The predicted molar refractivity (Wildman–Crippen MR) is 123 cm³/mol. The minimum Gasteiger partial charge on any atom is -0.342 e. The molecule has 1 aromatic heterocycles. The largest absolute Gasteiger partial charge is 0.342 e. The molecular weight excluding hydrogens is 444 g/mol. The number of hydrogen-bond acceptors (Lipinski definition) is 5. The number of nitrogens with zero attached hydrogens (tertiary/aromatic N) is 2. The van der Waals surface area contributed by atoms with Gasteiger partial charge in [-0.3, -0.25) is 14.6 Å². The summed E-state index contributed by atoms with van der Waals surface area (Å²) in [5.74, 6) is 0.0936. The number of sulfonamides is 1. The highest BCUT2D eigenvalue weighted by Crippen LogP contribution is 2.27. The maximum atomic E-state index is 13.2. The van der Waals surface area contributed by atoms with Gasteiger partial charge < -0.3 is 9.88 Å². The highest BCUT2D eigenvalue weighted by Gasteiger charge is 2.37. The fourth-order valence-corrected chi connectivity index (χ4v) is 6.68. The molecule has 0 saturated carbocycles. The highest BCUT2D eigenvalue weighted by molar-refractivity contribution is 7.89. The average Bonchev–Trinajstić information content (AvgIpc) is 2.79. The van der Waals surface area contributed by atoms with Crippen molar-refractivity contribution < 1.29 is 13.2 Å². The third-order valence-corrected chi connectivity index (χ3v) is 8.72. The summed E-state index contributed by atoms with van der Waals surface area (Å²) in [5, 5.41) is 0. The van der Waals surface area contributed by atoms with E-state index in [-0.39, 0.29) is 24.7 Å². The molecule has 1 atom stereocenters. The summed E-state index contributed by atoms with van der Waals surface area (Å²) >= 11 is 0. The van der Waals surface area contributed by atoms with E-state index in [1.165, 1.54) is 16.8 Å². The van der Waals surface area contributed by atoms with Crippen LogP contribution in [0.3, 0.4) is 0 Å². The van der Waals surface area contributed by atoms with Crippen LogP contribution in [0.4, 0.5) is 0 Å². The number of hydrogen-bond donors (Lipinski definition) is 2. The van der Waals surface area contributed by atoms with Gasteiger partial charge in [0.2, 0.25) is 15.9 Å². The van der Waals surface area contributed by atoms with Gasteiger partial charge in [-0.2, -0.15) is 4.31 Å². The number of aryl methyl sites for hydroxylation is 1. The lowest BCUT2D eigenvalue weighted by atomic mass is 9.89. The van der Waals surface area contributed by atoms with Gasteiger partial charge >= 0.3 is 5.69 Å². The molecule has 2 aromatic rings. The maximum Gasteiger partial charge on any atom is 0.325 e. The molecule has 4 rings (SSSR count). The fourth-order valence-electron chi connectivity index (χ4n) is 4.95. The van der Waals surface area contributed by atoms with Gasteiger partial charge in [-0.25, -0.2) is 13.2 Å². The smallest absolute Gasteiger partial charge is 0.325 e. The van der Waals surface area contributed by atoms with Gasteiger partial charge in [0.1, 0.15) is 0 Å². The van der Waals surface area contributed by atoms with Gasteiger partial charge in [-0.05, 0) is 50.5 Å². The number of carbonyl (C=O) groups excluding carboxylic acids is 1. The van der Waals surface area contributed by atoms with Crippen molar-refractivity contribution in [3.8, 4) is 0 Å². The summed E-state index contributed by atoms with van der Waals surface area (Å²) in [4.78, 5) is 42.6. The van der Waals surface area contributed by atoms with Gasteiger partial charge in [0.25, 0.3) is 5.56 Å². The molecule has 0 unspecified atom stereocenters. The summed E-state index contributed by atoms with van der Waals surface area (Å²) in [5.41, 5.74) is -0.385. The van der Waals surface area contributed by atoms with E-state index in [1.807, 2.05) is 28.1 Å². The first-order chi connectivity index (χ1) is 15.8. The molecule has 1 amide bonds. The third-order valence-electron chi connectivity index (χ3n) is 6.70. The molecule has 0 bridgehead atoms. The van der Waals surface area contributed by atoms with E-state index in [2.05, 4.69) is 17.1 Å². The van der Waals surface area contributed by atoms with Crippen LogP contribution in [0, 0.1) is 18.8 Å². The second-order valence-electron chi connectivity index (χ2n) is 9.02. The van der Waals surface area contributed by atoms with E-state index in [0.717, 1.165) is 19.3 Å². The molecule has 2 N–H and O–H groups in total. The molecule has 2 fully saturated rings. The minimum absolute atomic E-state index is 0.00214. The van der Waals surface area contributed by atoms with Crippen molar-refractivity contribution in [2.75, 3.05) is 26.2 Å². The standard InChI is InChI=1S/C23H30N4O5S/c1-16-20(21(28)25-23(30)24-16)33(31,32)27-11-5-8-19(15-27)22(29)26-12-9-18(10-13-26)14-17-6-3-2-4-7-17/h2-4,6-7,18-19H,5,8-15H2,1H3,(H2,24,25,28,30)/t19-/m0/s1. The van der Waals surface area contributed by atoms with Crippen molar-refractivity contribution in [1.82, 2.24) is 19.2 Å². The molecule has 2 aliphatic heterocycles. The lowest BCUT2D eigenvalue weighted by Crippen LogP contribution is -2.49. The summed E-state index contributed by atoms with van der Waals surface area (Å²) < 4.78 is 27.5. The summed E-state index contributed by atoms with van der Waals surface area (Å²) in [6.07, 6.45) is 4.03. The molecule has 10 heteroatoms. The van der Waals surface area contributed by atoms with E-state index in [0.29, 0.717) is 31.8 Å². The first-order valence-corrected chi connectivity index (χ1v) is 12.9. The number of piperidine rings is 2. The Bertz CT molecular complexity index is 1210. The topological polar surface area (TPSA) is 123 Å². The Labute approximate surface area is 192 Å². The monoisotopic (exact) mass is 474 g/mol. The zero-order chi connectivity index (χ0) is 23.6. The number of H-pyrrole nitrogens is 2. The number of nitrogens with one attached hydrogen (secondary N) is 2. The second kappa shape index (κ2) is 9.64. The van der Waals surface area contributed by atoms with Crippen molar-refractivity contribution in [1.29, 1.82) is 0 Å². The lowest BCUT2D eigenvalue weighted by Gasteiger charge is -2.37. The van der Waals surface area contributed by atoms with Crippen LogP contribution in [0.1, 0.15) is 36.9 Å². The molecule has 2 aliphatic rings. The van der Waals surface area contributed by atoms with Gasteiger partial charge in [0, 0.05) is 31.9 Å². The van der Waals surface area contributed by atoms with Crippen LogP contribution in [-0.2, 0) is 21.2 Å². The van der Waals surface area contributed by atoms with E-state index in [4.69, 9.17) is 0 Å². The Morgan fingerprint density at radius 2 is 1.73 bits per heavy atom. The molecule has 0 aliphatic carbocycles. The predicted octanol–water partition coefficient (Wildman–Crippen LogP) is 1.25. The van der Waals surface area contributed by atoms with Crippen LogP contribution in [-0.4, -0.2) is 59.7 Å². The number of aromatic amines is 2. The van der Waals surface area contributed by atoms with Gasteiger partial charge in [0.15, 0.2) is 4.90 Å². The van der Waals surface area contributed by atoms with Crippen molar-refractivity contribution in [2.24, 2.45) is 11.8 Å². The Morgan fingerprint density at radius 1 is 1.03 bits per heavy atom. The number of benzene rings is 1. The maximum absolute atomic E-state index is 13.2. The van der Waals surface area contributed by atoms with Crippen molar-refractivity contribution in [2.45, 2.75) is 43.9 Å². The molecule has 1 aromatic carbocycles. The molecule has 0 spiro atoms. The first-order valence-electron chi connectivity index (χ1n) is 11.4. The van der Waals surface area contributed by atoms with Crippen molar-refractivity contribution in [3.63, 3.8) is 0 Å². The second-order valence-corrected chi connectivity index (χ2v) is 10.9. The third kappa shape index (κ3) is 5.11. The fraction of sp³-hybridized carbons (Fsp3) is 0.522. The summed E-state index contributed by atoms with van der Waals surface area (Å²) in [7, 11) is -4.13. The van der Waals surface area contributed by atoms with E-state index < -0.39 is 32.1 Å². The van der Waals surface area contributed by atoms with Gasteiger partial charge in [0.05, 0.1) is 5.92 Å². The summed E-state index contributed by atoms with van der Waals surface area (Å²) in [6.45, 7) is 3.03. The van der Waals surface area contributed by atoms with E-state index in [1.54, 1.807) is 0 Å². The number of rotatable bonds is 5.